The molecular formula is C44H72Cl2N4O12RuSi4. The van der Waals surface area contributed by atoms with Crippen molar-refractivity contribution in [2.24, 2.45) is 0 Å². The number of halogens is 2. The van der Waals surface area contributed by atoms with Gasteiger partial charge in [0.25, 0.3) is 0 Å². The Morgan fingerprint density at radius 1 is 0.299 bits per heavy atom. The first kappa shape index (κ1) is 61.3. The van der Waals surface area contributed by atoms with Crippen LogP contribution in [0.3, 0.4) is 0 Å². The molecule has 0 aliphatic carbocycles. The molecule has 0 aliphatic heterocycles. The van der Waals surface area contributed by atoms with Gasteiger partial charge in [-0.05, 0) is 107 Å². The average Bonchev–Trinajstić information content (AvgIpc) is 3.33. The Balaban J connectivity index is 0.000000435. The van der Waals surface area contributed by atoms with Gasteiger partial charge in [-0.1, -0.05) is 24.3 Å². The van der Waals surface area contributed by atoms with E-state index in [0.29, 0.717) is 79.3 Å². The first-order valence-electron chi connectivity index (χ1n) is 22.9. The van der Waals surface area contributed by atoms with E-state index < -0.39 is 35.2 Å². The van der Waals surface area contributed by atoms with Gasteiger partial charge in [0.05, 0.1) is 22.8 Å². The number of rotatable bonds is 30. The fourth-order valence-electron chi connectivity index (χ4n) is 6.69. The molecule has 378 valence electrons. The first-order valence-corrected chi connectivity index (χ1v) is 34.3. The van der Waals surface area contributed by atoms with Crippen molar-refractivity contribution in [2.45, 2.75) is 83.1 Å². The van der Waals surface area contributed by atoms with E-state index in [2.05, 4.69) is 19.9 Å². The van der Waals surface area contributed by atoms with Crippen molar-refractivity contribution in [1.29, 1.82) is 0 Å². The number of nitrogens with zero attached hydrogens (tertiary/aromatic N) is 4. The second-order valence-corrected chi connectivity index (χ2v) is 26.1. The van der Waals surface area contributed by atoms with Gasteiger partial charge in [-0.3, -0.25) is 19.9 Å². The van der Waals surface area contributed by atoms with Gasteiger partial charge in [0, 0.05) is 125 Å². The quantitative estimate of drug-likeness (QED) is 0.0508. The average molecular weight is 1130 g/mol. The molecule has 0 unspecified atom stereocenters. The van der Waals surface area contributed by atoms with Gasteiger partial charge in [-0.15, -0.1) is 0 Å². The molecule has 0 N–H and O–H groups in total. The Bertz CT molecular complexity index is 1550. The van der Waals surface area contributed by atoms with Crippen LogP contribution in [-0.4, -0.2) is 134 Å². The Morgan fingerprint density at radius 2 is 0.433 bits per heavy atom. The number of hydrogen-bond donors (Lipinski definition) is 0. The summed E-state index contributed by atoms with van der Waals surface area (Å²) in [4.78, 5) is 18.4. The van der Waals surface area contributed by atoms with Gasteiger partial charge in [0.15, 0.2) is 0 Å². The second-order valence-electron chi connectivity index (χ2n) is 13.2. The van der Waals surface area contributed by atoms with Gasteiger partial charge >= 0.3 is 69.7 Å². The summed E-state index contributed by atoms with van der Waals surface area (Å²) in [6.07, 6.45) is 7.05. The molecule has 4 heterocycles. The maximum atomic E-state index is 5.97. The van der Waals surface area contributed by atoms with Crippen LogP contribution in [0.15, 0.2) is 73.3 Å². The van der Waals surface area contributed by atoms with Crippen LogP contribution in [0.5, 0.6) is 0 Å². The molecule has 0 aliphatic rings. The zero-order chi connectivity index (χ0) is 49.6. The third-order valence-corrected chi connectivity index (χ3v) is 21.0. The standard InChI is InChI=1S/2C22H36N2O6Si2.2ClH.Ru/c2*1-7-25-31(26-8-2,27-9-3)19-13-15-21(23-17-19)22-16-14-20(18-24-22)32(28-10-4,29-11-5)30-12-6;;;/h2*13-18H,7-12H2,1-6H3;2*1H;/q;;;;+2/p-2. The fraction of sp³-hybridized carbons (Fsp3) is 0.545. The molecule has 0 saturated heterocycles. The third-order valence-electron chi connectivity index (χ3n) is 9.01. The van der Waals surface area contributed by atoms with Crippen LogP contribution in [0, 0.1) is 0 Å². The van der Waals surface area contributed by atoms with Crippen molar-refractivity contribution < 1.29 is 68.3 Å². The summed E-state index contributed by atoms with van der Waals surface area (Å²) in [5, 5.41) is 3.33. The predicted octanol–water partition coefficient (Wildman–Crippen LogP) is 6.69. The van der Waals surface area contributed by atoms with E-state index in [4.69, 9.17) is 72.5 Å². The summed E-state index contributed by atoms with van der Waals surface area (Å²) in [6.45, 7) is 29.2. The Hall–Kier alpha value is -1.81. The molecule has 0 amide bonds. The van der Waals surface area contributed by atoms with Gasteiger partial charge in [0.2, 0.25) is 0 Å². The predicted molar refractivity (Wildman–Crippen MR) is 268 cm³/mol. The van der Waals surface area contributed by atoms with Crippen molar-refractivity contribution in [3.05, 3.63) is 73.3 Å². The Labute approximate surface area is 419 Å². The summed E-state index contributed by atoms with van der Waals surface area (Å²) in [7, 11) is -2.23. The molecule has 0 aromatic carbocycles. The third kappa shape index (κ3) is 17.8. The van der Waals surface area contributed by atoms with Crippen molar-refractivity contribution in [2.75, 3.05) is 79.3 Å². The molecule has 0 bridgehead atoms. The second kappa shape index (κ2) is 33.7. The molecule has 4 aromatic heterocycles. The van der Waals surface area contributed by atoms with E-state index in [1.807, 2.05) is 132 Å². The van der Waals surface area contributed by atoms with E-state index in [1.54, 1.807) is 24.8 Å². The maximum absolute atomic E-state index is 5.97. The van der Waals surface area contributed by atoms with Crippen molar-refractivity contribution in [1.82, 2.24) is 19.9 Å². The fourth-order valence-corrected chi connectivity index (χ4v) is 16.3. The zero-order valence-electron chi connectivity index (χ0n) is 41.2. The first-order chi connectivity index (χ1) is 32.5. The molecule has 0 radical (unpaired) electrons. The summed E-state index contributed by atoms with van der Waals surface area (Å²) < 4.78 is 71.6. The Morgan fingerprint density at radius 3 is 0.522 bits per heavy atom. The van der Waals surface area contributed by atoms with E-state index in [-0.39, 0.29) is 15.1 Å². The van der Waals surface area contributed by atoms with E-state index in [1.165, 1.54) is 0 Å². The van der Waals surface area contributed by atoms with Crippen LogP contribution in [0.2, 0.25) is 0 Å². The minimum atomic E-state index is -2.98. The molecule has 0 spiro atoms. The molecular weight excluding hydrogens is 1060 g/mol. The van der Waals surface area contributed by atoms with Gasteiger partial charge < -0.3 is 53.1 Å². The zero-order valence-corrected chi connectivity index (χ0v) is 48.5. The number of hydrogen-bond acceptors (Lipinski definition) is 16. The van der Waals surface area contributed by atoms with Crippen molar-refractivity contribution in [3.8, 4) is 22.8 Å². The van der Waals surface area contributed by atoms with Crippen molar-refractivity contribution in [3.63, 3.8) is 0 Å². The normalized spacial score (nSPS) is 12.1. The SMILES string of the molecule is CCO[Si](OCC)(OCC)c1ccc(-c2ccc([Si](OCC)(OCC)OCC)cn2)nc1.CCO[Si](OCC)(OCC)c1ccc(-c2ccc([Si](OCC)(OCC)OCC)cn2)nc1.[Cl][Ru][Cl]. The molecule has 16 nitrogen and oxygen atoms in total. The van der Waals surface area contributed by atoms with Crippen LogP contribution in [0.4, 0.5) is 0 Å². The summed E-state index contributed by atoms with van der Waals surface area (Å²) in [5.41, 5.74) is 2.96. The van der Waals surface area contributed by atoms with Crippen molar-refractivity contribution >= 4 is 75.3 Å². The summed E-state index contributed by atoms with van der Waals surface area (Å²) in [5.74, 6) is 0. The topological polar surface area (TPSA) is 162 Å². The van der Waals surface area contributed by atoms with Crippen LogP contribution in [0.25, 0.3) is 22.8 Å². The molecule has 4 aromatic rings. The van der Waals surface area contributed by atoms with Crippen LogP contribution < -0.4 is 20.7 Å². The minimum absolute atomic E-state index is 0.346. The van der Waals surface area contributed by atoms with Crippen LogP contribution >= 0.6 is 19.4 Å². The van der Waals surface area contributed by atoms with Crippen LogP contribution in [0.1, 0.15) is 83.1 Å². The van der Waals surface area contributed by atoms with E-state index in [0.717, 1.165) is 43.5 Å². The Kier molecular flexibility index (Phi) is 30.9. The summed E-state index contributed by atoms with van der Waals surface area (Å²) >= 11 is -0.346. The van der Waals surface area contributed by atoms with Gasteiger partial charge in [-0.25, -0.2) is 0 Å². The summed E-state index contributed by atoms with van der Waals surface area (Å²) in [6, 6.07) is 15.4. The molecule has 67 heavy (non-hydrogen) atoms. The van der Waals surface area contributed by atoms with E-state index >= 15 is 0 Å². The molecule has 0 atom stereocenters. The molecule has 4 rings (SSSR count). The monoisotopic (exact) mass is 1130 g/mol. The number of aromatic nitrogens is 4. The van der Waals surface area contributed by atoms with Gasteiger partial charge in [-0.2, -0.15) is 0 Å². The molecule has 0 fully saturated rings. The number of pyridine rings is 4. The van der Waals surface area contributed by atoms with Gasteiger partial charge in [0.1, 0.15) is 0 Å². The van der Waals surface area contributed by atoms with E-state index in [9.17, 15) is 0 Å². The van der Waals surface area contributed by atoms with Crippen LogP contribution in [-0.2, 0) is 68.3 Å². The molecule has 23 heteroatoms. The molecule has 0 saturated carbocycles.